The van der Waals surface area contributed by atoms with Crippen molar-refractivity contribution in [1.29, 1.82) is 0 Å². The van der Waals surface area contributed by atoms with Crippen molar-refractivity contribution >= 4 is 10.2 Å². The summed E-state index contributed by atoms with van der Waals surface area (Å²) in [5.41, 5.74) is 0. The maximum atomic E-state index is 12.0. The first kappa shape index (κ1) is 7.94. The lowest BCUT2D eigenvalue weighted by molar-refractivity contribution is 0.188. The standard InChI is InChI=1S/C5H9FO3S/c6-10(7,8)4-5-1-2-9-3-5/h5H,1-4H2. The Morgan fingerprint density at radius 2 is 2.30 bits per heavy atom. The van der Waals surface area contributed by atoms with E-state index in [4.69, 9.17) is 4.74 Å². The highest BCUT2D eigenvalue weighted by molar-refractivity contribution is 7.86. The lowest BCUT2D eigenvalue weighted by Crippen LogP contribution is -2.11. The minimum Gasteiger partial charge on any atom is -0.381 e. The molecule has 1 aliphatic heterocycles. The average molecular weight is 168 g/mol. The molecule has 60 valence electrons. The molecular formula is C5H9FO3S. The third kappa shape index (κ3) is 2.62. The predicted octanol–water partition coefficient (Wildman–Crippen LogP) is 0.322. The van der Waals surface area contributed by atoms with Gasteiger partial charge in [0.1, 0.15) is 0 Å². The van der Waals surface area contributed by atoms with E-state index in [-0.39, 0.29) is 11.7 Å². The zero-order valence-corrected chi connectivity index (χ0v) is 6.23. The van der Waals surface area contributed by atoms with Crippen LogP contribution in [0.15, 0.2) is 0 Å². The zero-order chi connectivity index (χ0) is 7.61. The van der Waals surface area contributed by atoms with Crippen LogP contribution in [0.2, 0.25) is 0 Å². The van der Waals surface area contributed by atoms with Crippen LogP contribution in [0.3, 0.4) is 0 Å². The quantitative estimate of drug-likeness (QED) is 0.558. The molecule has 1 heterocycles. The van der Waals surface area contributed by atoms with Crippen LogP contribution in [0.25, 0.3) is 0 Å². The minimum atomic E-state index is -4.29. The number of ether oxygens (including phenoxy) is 1. The minimum absolute atomic E-state index is 0.130. The van der Waals surface area contributed by atoms with Crippen LogP contribution < -0.4 is 0 Å². The van der Waals surface area contributed by atoms with Gasteiger partial charge < -0.3 is 4.74 Å². The second-order valence-corrected chi connectivity index (χ2v) is 3.85. The molecule has 10 heavy (non-hydrogen) atoms. The Balaban J connectivity index is 2.38. The Morgan fingerprint density at radius 1 is 1.60 bits per heavy atom. The smallest absolute Gasteiger partial charge is 0.302 e. The van der Waals surface area contributed by atoms with Gasteiger partial charge in [-0.05, 0) is 6.42 Å². The highest BCUT2D eigenvalue weighted by Crippen LogP contribution is 2.14. The summed E-state index contributed by atoms with van der Waals surface area (Å²) < 4.78 is 37.0. The van der Waals surface area contributed by atoms with Gasteiger partial charge in [-0.2, -0.15) is 8.42 Å². The number of rotatable bonds is 2. The fourth-order valence-electron chi connectivity index (χ4n) is 0.996. The molecule has 1 aliphatic rings. The van der Waals surface area contributed by atoms with Crippen LogP contribution in [-0.2, 0) is 15.0 Å². The van der Waals surface area contributed by atoms with Gasteiger partial charge >= 0.3 is 10.2 Å². The van der Waals surface area contributed by atoms with Crippen LogP contribution in [0.5, 0.6) is 0 Å². The molecule has 0 amide bonds. The second-order valence-electron chi connectivity index (χ2n) is 2.44. The molecule has 0 N–H and O–H groups in total. The van der Waals surface area contributed by atoms with E-state index in [1.54, 1.807) is 0 Å². The van der Waals surface area contributed by atoms with E-state index < -0.39 is 10.2 Å². The first-order valence-corrected chi connectivity index (χ1v) is 4.63. The van der Waals surface area contributed by atoms with Gasteiger partial charge in [0.15, 0.2) is 0 Å². The lowest BCUT2D eigenvalue weighted by atomic mass is 10.2. The molecule has 1 unspecified atom stereocenters. The highest BCUT2D eigenvalue weighted by Gasteiger charge is 2.22. The van der Waals surface area contributed by atoms with Crippen molar-refractivity contribution < 1.29 is 17.0 Å². The third-order valence-corrected chi connectivity index (χ3v) is 2.33. The fraction of sp³-hybridized carbons (Fsp3) is 1.00. The van der Waals surface area contributed by atoms with Gasteiger partial charge in [-0.3, -0.25) is 0 Å². The van der Waals surface area contributed by atoms with Crippen LogP contribution in [-0.4, -0.2) is 27.4 Å². The second kappa shape index (κ2) is 2.84. The lowest BCUT2D eigenvalue weighted by Gasteiger charge is -2.00. The van der Waals surface area contributed by atoms with Gasteiger partial charge in [0.05, 0.1) is 12.4 Å². The maximum absolute atomic E-state index is 12.0. The van der Waals surface area contributed by atoms with Crippen LogP contribution in [0.4, 0.5) is 3.89 Å². The fourth-order valence-corrected chi connectivity index (χ4v) is 1.82. The van der Waals surface area contributed by atoms with Crippen LogP contribution in [0, 0.1) is 5.92 Å². The van der Waals surface area contributed by atoms with E-state index in [1.807, 2.05) is 0 Å². The van der Waals surface area contributed by atoms with Gasteiger partial charge in [-0.25, -0.2) is 0 Å². The SMILES string of the molecule is O=S(=O)(F)CC1CCOC1. The summed E-state index contributed by atoms with van der Waals surface area (Å²) in [6, 6.07) is 0. The average Bonchev–Trinajstić information content (AvgIpc) is 2.12. The summed E-state index contributed by atoms with van der Waals surface area (Å²) in [6.07, 6.45) is 0.656. The Labute approximate surface area is 59.4 Å². The molecule has 0 aromatic heterocycles. The molecule has 1 fully saturated rings. The van der Waals surface area contributed by atoms with Gasteiger partial charge in [0.2, 0.25) is 0 Å². The first-order valence-electron chi connectivity index (χ1n) is 3.08. The molecule has 1 rings (SSSR count). The highest BCUT2D eigenvalue weighted by atomic mass is 32.3. The third-order valence-electron chi connectivity index (χ3n) is 1.46. The van der Waals surface area contributed by atoms with E-state index in [2.05, 4.69) is 0 Å². The molecule has 1 atom stereocenters. The van der Waals surface area contributed by atoms with E-state index in [0.717, 1.165) is 0 Å². The number of hydrogen-bond donors (Lipinski definition) is 0. The maximum Gasteiger partial charge on any atom is 0.302 e. The van der Waals surface area contributed by atoms with Crippen molar-refractivity contribution in [3.05, 3.63) is 0 Å². The topological polar surface area (TPSA) is 43.4 Å². The van der Waals surface area contributed by atoms with Gasteiger partial charge in [0.25, 0.3) is 0 Å². The zero-order valence-electron chi connectivity index (χ0n) is 5.42. The van der Waals surface area contributed by atoms with E-state index >= 15 is 0 Å². The Bertz CT molecular complexity index is 193. The van der Waals surface area contributed by atoms with E-state index in [9.17, 15) is 12.3 Å². The summed E-state index contributed by atoms with van der Waals surface area (Å²) in [4.78, 5) is 0. The van der Waals surface area contributed by atoms with Crippen molar-refractivity contribution in [2.24, 2.45) is 5.92 Å². The molecule has 5 heteroatoms. The van der Waals surface area contributed by atoms with Gasteiger partial charge in [0, 0.05) is 12.5 Å². The first-order chi connectivity index (χ1) is 4.58. The molecule has 0 saturated carbocycles. The summed E-state index contributed by atoms with van der Waals surface area (Å²) in [5, 5.41) is 0. The summed E-state index contributed by atoms with van der Waals surface area (Å²) in [7, 11) is -4.29. The molecule has 0 radical (unpaired) electrons. The van der Waals surface area contributed by atoms with Crippen LogP contribution >= 0.6 is 0 Å². The Kier molecular flexibility index (Phi) is 2.25. The number of halogens is 1. The van der Waals surface area contributed by atoms with Crippen molar-refractivity contribution in [2.45, 2.75) is 6.42 Å². The molecular weight excluding hydrogens is 159 g/mol. The molecule has 0 spiro atoms. The van der Waals surface area contributed by atoms with Crippen molar-refractivity contribution in [1.82, 2.24) is 0 Å². The number of hydrogen-bond acceptors (Lipinski definition) is 3. The predicted molar refractivity (Wildman–Crippen MR) is 33.8 cm³/mol. The monoisotopic (exact) mass is 168 g/mol. The summed E-state index contributed by atoms with van der Waals surface area (Å²) in [5.74, 6) is -0.512. The van der Waals surface area contributed by atoms with Crippen LogP contribution in [0.1, 0.15) is 6.42 Å². The van der Waals surface area contributed by atoms with Crippen molar-refractivity contribution in [2.75, 3.05) is 19.0 Å². The Hall–Kier alpha value is -0.160. The largest absolute Gasteiger partial charge is 0.381 e. The van der Waals surface area contributed by atoms with Gasteiger partial charge in [-0.15, -0.1) is 3.89 Å². The van der Waals surface area contributed by atoms with Crippen molar-refractivity contribution in [3.63, 3.8) is 0 Å². The Morgan fingerprint density at radius 3 is 2.70 bits per heavy atom. The molecule has 0 aromatic carbocycles. The summed E-state index contributed by atoms with van der Waals surface area (Å²) >= 11 is 0. The van der Waals surface area contributed by atoms with E-state index in [0.29, 0.717) is 19.6 Å². The van der Waals surface area contributed by atoms with Gasteiger partial charge in [-0.1, -0.05) is 0 Å². The molecule has 0 aliphatic carbocycles. The van der Waals surface area contributed by atoms with E-state index in [1.165, 1.54) is 0 Å². The molecule has 0 bridgehead atoms. The van der Waals surface area contributed by atoms with Crippen molar-refractivity contribution in [3.8, 4) is 0 Å². The molecule has 3 nitrogen and oxygen atoms in total. The molecule has 1 saturated heterocycles. The summed E-state index contributed by atoms with van der Waals surface area (Å²) in [6.45, 7) is 0.934. The normalized spacial score (nSPS) is 27.1. The molecule has 0 aromatic rings.